The van der Waals surface area contributed by atoms with Gasteiger partial charge in [-0.25, -0.2) is 0 Å². The van der Waals surface area contributed by atoms with Crippen molar-refractivity contribution < 1.29 is 28.6 Å². The van der Waals surface area contributed by atoms with E-state index < -0.39 is 6.10 Å². The minimum atomic E-state index is -0.797. The zero-order chi connectivity index (χ0) is 42.3. The quantitative estimate of drug-likeness (QED) is 0.0265. The highest BCUT2D eigenvalue weighted by Gasteiger charge is 2.19. The van der Waals surface area contributed by atoms with Gasteiger partial charge in [-0.2, -0.15) is 0 Å². The lowest BCUT2D eigenvalue weighted by Crippen LogP contribution is -2.30. The third-order valence-electron chi connectivity index (χ3n) is 9.61. The summed E-state index contributed by atoms with van der Waals surface area (Å²) in [4.78, 5) is 37.8. The second kappa shape index (κ2) is 46.3. The van der Waals surface area contributed by atoms with E-state index in [2.05, 4.69) is 106 Å². The van der Waals surface area contributed by atoms with Crippen LogP contribution in [0.2, 0.25) is 0 Å². The van der Waals surface area contributed by atoms with Crippen molar-refractivity contribution in [2.45, 2.75) is 213 Å². The van der Waals surface area contributed by atoms with Crippen LogP contribution in [-0.4, -0.2) is 37.2 Å². The van der Waals surface area contributed by atoms with Crippen LogP contribution in [0.25, 0.3) is 0 Å². The zero-order valence-electron chi connectivity index (χ0n) is 37.5. The van der Waals surface area contributed by atoms with Gasteiger partial charge in [0.1, 0.15) is 13.2 Å². The maximum Gasteiger partial charge on any atom is 0.306 e. The first kappa shape index (κ1) is 54.6. The number of esters is 3. The molecule has 0 saturated carbocycles. The molecular formula is C52H86O6. The third-order valence-corrected chi connectivity index (χ3v) is 9.61. The van der Waals surface area contributed by atoms with Crippen molar-refractivity contribution in [2.75, 3.05) is 13.2 Å². The van der Waals surface area contributed by atoms with Gasteiger partial charge in [-0.15, -0.1) is 0 Å². The molecule has 0 aliphatic rings. The largest absolute Gasteiger partial charge is 0.462 e. The van der Waals surface area contributed by atoms with Crippen LogP contribution in [0.3, 0.4) is 0 Å². The van der Waals surface area contributed by atoms with Crippen molar-refractivity contribution in [3.63, 3.8) is 0 Å². The zero-order valence-corrected chi connectivity index (χ0v) is 37.5. The van der Waals surface area contributed by atoms with E-state index in [9.17, 15) is 14.4 Å². The average molecular weight is 807 g/mol. The number of allylic oxidation sites excluding steroid dienone is 14. The van der Waals surface area contributed by atoms with E-state index in [-0.39, 0.29) is 31.1 Å². The molecule has 0 aromatic heterocycles. The fraction of sp³-hybridized carbons (Fsp3) is 0.673. The van der Waals surface area contributed by atoms with Crippen LogP contribution in [0.15, 0.2) is 85.1 Å². The van der Waals surface area contributed by atoms with E-state index in [1.165, 1.54) is 32.1 Å². The molecule has 0 aromatic rings. The van der Waals surface area contributed by atoms with Gasteiger partial charge in [-0.3, -0.25) is 14.4 Å². The van der Waals surface area contributed by atoms with Crippen LogP contribution < -0.4 is 0 Å². The molecule has 1 atom stereocenters. The topological polar surface area (TPSA) is 78.9 Å². The van der Waals surface area contributed by atoms with Crippen LogP contribution in [0, 0.1) is 0 Å². The van der Waals surface area contributed by atoms with E-state index in [0.29, 0.717) is 19.3 Å². The lowest BCUT2D eigenvalue weighted by Gasteiger charge is -2.18. The highest BCUT2D eigenvalue weighted by Crippen LogP contribution is 2.13. The minimum absolute atomic E-state index is 0.0973. The molecule has 0 spiro atoms. The van der Waals surface area contributed by atoms with Crippen LogP contribution in [-0.2, 0) is 28.6 Å². The Labute approximate surface area is 356 Å². The lowest BCUT2D eigenvalue weighted by atomic mass is 10.1. The Morgan fingerprint density at radius 1 is 0.362 bits per heavy atom. The van der Waals surface area contributed by atoms with Crippen molar-refractivity contribution in [2.24, 2.45) is 0 Å². The normalized spacial score (nSPS) is 12.8. The predicted octanol–water partition coefficient (Wildman–Crippen LogP) is 15.3. The molecule has 0 aromatic carbocycles. The molecule has 0 amide bonds. The van der Waals surface area contributed by atoms with Gasteiger partial charge in [0.15, 0.2) is 6.10 Å². The second-order valence-corrected chi connectivity index (χ2v) is 15.2. The van der Waals surface area contributed by atoms with Gasteiger partial charge < -0.3 is 14.2 Å². The van der Waals surface area contributed by atoms with E-state index >= 15 is 0 Å². The van der Waals surface area contributed by atoms with Gasteiger partial charge in [-0.05, 0) is 103 Å². The Hall–Kier alpha value is -3.41. The summed E-state index contributed by atoms with van der Waals surface area (Å²) in [6, 6.07) is 0. The van der Waals surface area contributed by atoms with Crippen molar-refractivity contribution in [1.29, 1.82) is 0 Å². The number of ether oxygens (including phenoxy) is 3. The lowest BCUT2D eigenvalue weighted by molar-refractivity contribution is -0.167. The predicted molar refractivity (Wildman–Crippen MR) is 247 cm³/mol. The van der Waals surface area contributed by atoms with Crippen molar-refractivity contribution in [1.82, 2.24) is 0 Å². The summed E-state index contributed by atoms with van der Waals surface area (Å²) in [6.45, 7) is 6.31. The Kier molecular flexibility index (Phi) is 43.6. The van der Waals surface area contributed by atoms with Crippen molar-refractivity contribution in [3.05, 3.63) is 85.1 Å². The molecule has 1 unspecified atom stereocenters. The highest BCUT2D eigenvalue weighted by molar-refractivity contribution is 5.71. The molecule has 0 saturated heterocycles. The van der Waals surface area contributed by atoms with E-state index in [4.69, 9.17) is 14.2 Å². The van der Waals surface area contributed by atoms with Gasteiger partial charge in [0.05, 0.1) is 0 Å². The molecule has 330 valence electrons. The molecule has 6 heteroatoms. The monoisotopic (exact) mass is 807 g/mol. The fourth-order valence-corrected chi connectivity index (χ4v) is 6.10. The average Bonchev–Trinajstić information content (AvgIpc) is 3.22. The summed E-state index contributed by atoms with van der Waals surface area (Å²) in [7, 11) is 0. The summed E-state index contributed by atoms with van der Waals surface area (Å²) >= 11 is 0. The number of carbonyl (C=O) groups excluding carboxylic acids is 3. The Morgan fingerprint density at radius 3 is 1.07 bits per heavy atom. The Bertz CT molecular complexity index is 1160. The summed E-state index contributed by atoms with van der Waals surface area (Å²) in [5.41, 5.74) is 0. The summed E-state index contributed by atoms with van der Waals surface area (Å²) in [5.74, 6) is -0.952. The first-order chi connectivity index (χ1) is 28.5. The number of carbonyl (C=O) groups is 3. The maximum absolute atomic E-state index is 12.7. The number of hydrogen-bond acceptors (Lipinski definition) is 6. The van der Waals surface area contributed by atoms with Gasteiger partial charge in [-0.1, -0.05) is 170 Å². The molecule has 0 fully saturated rings. The number of unbranched alkanes of at least 4 members (excludes halogenated alkanes) is 16. The molecule has 0 heterocycles. The Balaban J connectivity index is 4.44. The third kappa shape index (κ3) is 43.7. The summed E-state index contributed by atoms with van der Waals surface area (Å²) < 4.78 is 16.7. The highest BCUT2D eigenvalue weighted by atomic mass is 16.6. The summed E-state index contributed by atoms with van der Waals surface area (Å²) in [6.07, 6.45) is 58.5. The molecule has 0 N–H and O–H groups in total. The first-order valence-electron chi connectivity index (χ1n) is 23.6. The molecule has 6 nitrogen and oxygen atoms in total. The summed E-state index contributed by atoms with van der Waals surface area (Å²) in [5, 5.41) is 0. The number of rotatable bonds is 41. The molecule has 0 aliphatic carbocycles. The molecule has 58 heavy (non-hydrogen) atoms. The van der Waals surface area contributed by atoms with Crippen LogP contribution in [0.5, 0.6) is 0 Å². The molecule has 0 aliphatic heterocycles. The minimum Gasteiger partial charge on any atom is -0.462 e. The SMILES string of the molecule is CC/C=C\C/C=C\C/C=C\CCCCCCCCC(=O)OCC(COC(=O)CCCCCC/C=C\CCCC)OC(=O)CCCCCC/C=C\C/C=C\C/C=C\CC. The van der Waals surface area contributed by atoms with E-state index in [1.54, 1.807) is 0 Å². The van der Waals surface area contributed by atoms with Crippen LogP contribution >= 0.6 is 0 Å². The van der Waals surface area contributed by atoms with Crippen molar-refractivity contribution >= 4 is 17.9 Å². The maximum atomic E-state index is 12.7. The van der Waals surface area contributed by atoms with Gasteiger partial charge in [0.2, 0.25) is 0 Å². The Morgan fingerprint density at radius 2 is 0.672 bits per heavy atom. The van der Waals surface area contributed by atoms with Gasteiger partial charge in [0.25, 0.3) is 0 Å². The molecule has 0 rings (SSSR count). The second-order valence-electron chi connectivity index (χ2n) is 15.2. The first-order valence-corrected chi connectivity index (χ1v) is 23.6. The standard InChI is InChI=1S/C52H86O6/c1-4-7-10-13-16-19-22-24-26-27-29-30-33-36-39-42-45-51(54)57-48-49(47-56-50(53)44-41-38-35-32-21-18-15-12-9-6-3)58-52(55)46-43-40-37-34-31-28-25-23-20-17-14-11-8-5-2/h7-8,10-11,15-20,24-26,28,49H,4-6,9,12-14,21-23,27,29-48H2,1-3H3/b10-7-,11-8-,18-15-,19-16-,20-17-,26-24-,28-25-. The van der Waals surface area contributed by atoms with Crippen LogP contribution in [0.4, 0.5) is 0 Å². The molecular weight excluding hydrogens is 721 g/mol. The smallest absolute Gasteiger partial charge is 0.306 e. The van der Waals surface area contributed by atoms with Crippen LogP contribution in [0.1, 0.15) is 207 Å². The fourth-order valence-electron chi connectivity index (χ4n) is 6.10. The van der Waals surface area contributed by atoms with Gasteiger partial charge in [0, 0.05) is 19.3 Å². The van der Waals surface area contributed by atoms with Crippen molar-refractivity contribution in [3.8, 4) is 0 Å². The van der Waals surface area contributed by atoms with E-state index in [1.807, 2.05) is 0 Å². The van der Waals surface area contributed by atoms with Gasteiger partial charge >= 0.3 is 17.9 Å². The number of hydrogen-bond donors (Lipinski definition) is 0. The molecule has 0 bridgehead atoms. The molecule has 0 radical (unpaired) electrons. The van der Waals surface area contributed by atoms with E-state index in [0.717, 1.165) is 135 Å².